The van der Waals surface area contributed by atoms with Crippen molar-refractivity contribution in [2.45, 2.75) is 11.3 Å². The first kappa shape index (κ1) is 15.6. The third kappa shape index (κ3) is 4.11. The monoisotopic (exact) mass is 316 g/mol. The lowest BCUT2D eigenvalue weighted by atomic mass is 10.2. The van der Waals surface area contributed by atoms with E-state index in [2.05, 4.69) is 9.80 Å². The average molecular weight is 317 g/mol. The number of anilines is 1. The molecular weight excluding hydrogens is 296 g/mol. The summed E-state index contributed by atoms with van der Waals surface area (Å²) in [5, 5.41) is 0. The Labute approximate surface area is 126 Å². The van der Waals surface area contributed by atoms with Gasteiger partial charge in [0.2, 0.25) is 0 Å². The van der Waals surface area contributed by atoms with E-state index >= 15 is 0 Å². The van der Waals surface area contributed by atoms with Crippen molar-refractivity contribution in [2.75, 3.05) is 49.8 Å². The minimum absolute atomic E-state index is 0.375. The van der Waals surface area contributed by atoms with Crippen LogP contribution in [0.2, 0.25) is 0 Å². The van der Waals surface area contributed by atoms with Crippen LogP contribution in [0.15, 0.2) is 29.2 Å². The van der Waals surface area contributed by atoms with Crippen LogP contribution in [-0.4, -0.2) is 58.2 Å². The molecule has 1 aromatic carbocycles. The minimum atomic E-state index is -3.12. The number of sulfone groups is 1. The van der Waals surface area contributed by atoms with Gasteiger partial charge in [-0.15, -0.1) is 11.6 Å². The summed E-state index contributed by atoms with van der Waals surface area (Å²) in [6.45, 7) is 4.96. The van der Waals surface area contributed by atoms with Gasteiger partial charge >= 0.3 is 0 Å². The lowest BCUT2D eigenvalue weighted by molar-refractivity contribution is 0.311. The number of nitrogens with zero attached hydrogens (tertiary/aromatic N) is 2. The predicted molar refractivity (Wildman–Crippen MR) is 83.5 cm³/mol. The van der Waals surface area contributed by atoms with Gasteiger partial charge < -0.3 is 9.80 Å². The summed E-state index contributed by atoms with van der Waals surface area (Å²) in [6.07, 6.45) is 2.34. The third-order valence-electron chi connectivity index (χ3n) is 3.62. The Morgan fingerprint density at radius 2 is 1.80 bits per heavy atom. The van der Waals surface area contributed by atoms with E-state index in [4.69, 9.17) is 11.6 Å². The second-order valence-corrected chi connectivity index (χ2v) is 7.53. The molecule has 1 aromatic rings. The van der Waals surface area contributed by atoms with Gasteiger partial charge in [0.1, 0.15) is 0 Å². The summed E-state index contributed by atoms with van der Waals surface area (Å²) in [6, 6.07) is 7.17. The van der Waals surface area contributed by atoms with Gasteiger partial charge in [-0.25, -0.2) is 8.42 Å². The first-order chi connectivity index (χ1) is 9.50. The Kier molecular flexibility index (Phi) is 5.29. The Hall–Kier alpha value is -0.780. The maximum Gasteiger partial charge on any atom is 0.175 e. The molecule has 2 rings (SSSR count). The largest absolute Gasteiger partial charge is 0.370 e. The Morgan fingerprint density at radius 1 is 1.10 bits per heavy atom. The van der Waals surface area contributed by atoms with Crippen LogP contribution in [0, 0.1) is 0 Å². The highest BCUT2D eigenvalue weighted by Gasteiger charge is 2.15. The van der Waals surface area contributed by atoms with Crippen molar-refractivity contribution in [2.24, 2.45) is 0 Å². The van der Waals surface area contributed by atoms with E-state index in [0.717, 1.165) is 44.8 Å². The normalized spacial score (nSPS) is 18.0. The number of alkyl halides is 1. The van der Waals surface area contributed by atoms with Crippen LogP contribution < -0.4 is 4.90 Å². The van der Waals surface area contributed by atoms with Crippen molar-refractivity contribution in [1.82, 2.24) is 4.90 Å². The van der Waals surface area contributed by atoms with Gasteiger partial charge in [0.25, 0.3) is 0 Å². The van der Waals surface area contributed by atoms with E-state index in [0.29, 0.717) is 10.8 Å². The molecule has 0 bridgehead atoms. The second-order valence-electron chi connectivity index (χ2n) is 5.14. The van der Waals surface area contributed by atoms with Crippen molar-refractivity contribution < 1.29 is 8.42 Å². The zero-order valence-electron chi connectivity index (χ0n) is 11.8. The number of hydrogen-bond acceptors (Lipinski definition) is 4. The molecule has 112 valence electrons. The van der Waals surface area contributed by atoms with Crippen LogP contribution in [-0.2, 0) is 9.84 Å². The van der Waals surface area contributed by atoms with Crippen molar-refractivity contribution in [3.8, 4) is 0 Å². The molecule has 0 aliphatic carbocycles. The Balaban J connectivity index is 2.05. The molecule has 0 radical (unpaired) electrons. The zero-order valence-corrected chi connectivity index (χ0v) is 13.3. The molecule has 1 fully saturated rings. The molecule has 0 amide bonds. The quantitative estimate of drug-likeness (QED) is 0.795. The van der Waals surface area contributed by atoms with Crippen LogP contribution in [0.3, 0.4) is 0 Å². The van der Waals surface area contributed by atoms with Gasteiger partial charge in [-0.3, -0.25) is 0 Å². The highest BCUT2D eigenvalue weighted by molar-refractivity contribution is 7.90. The highest BCUT2D eigenvalue weighted by atomic mass is 35.5. The Bertz CT molecular complexity index is 531. The van der Waals surface area contributed by atoms with Gasteiger partial charge in [-0.05, 0) is 37.2 Å². The fourth-order valence-electron chi connectivity index (χ4n) is 2.48. The lowest BCUT2D eigenvalue weighted by Crippen LogP contribution is -2.31. The molecule has 0 unspecified atom stereocenters. The second kappa shape index (κ2) is 6.78. The standard InChI is InChI=1S/C14H21ClN2O2S/c1-20(18,19)14-5-3-13(4-6-14)17-9-2-8-16(10-7-15)11-12-17/h3-6H,2,7-12H2,1H3. The van der Waals surface area contributed by atoms with Gasteiger partial charge in [-0.2, -0.15) is 0 Å². The predicted octanol–water partition coefficient (Wildman–Crippen LogP) is 1.84. The van der Waals surface area contributed by atoms with Crippen LogP contribution >= 0.6 is 11.6 Å². The maximum absolute atomic E-state index is 11.5. The van der Waals surface area contributed by atoms with Crippen LogP contribution in [0.4, 0.5) is 5.69 Å². The molecule has 4 nitrogen and oxygen atoms in total. The lowest BCUT2D eigenvalue weighted by Gasteiger charge is -2.23. The van der Waals surface area contributed by atoms with Crippen LogP contribution in [0.25, 0.3) is 0 Å². The van der Waals surface area contributed by atoms with Gasteiger partial charge in [0, 0.05) is 44.0 Å². The first-order valence-electron chi connectivity index (χ1n) is 6.84. The topological polar surface area (TPSA) is 40.6 Å². The van der Waals surface area contributed by atoms with Crippen molar-refractivity contribution in [3.05, 3.63) is 24.3 Å². The molecule has 6 heteroatoms. The fraction of sp³-hybridized carbons (Fsp3) is 0.571. The van der Waals surface area contributed by atoms with E-state index in [9.17, 15) is 8.42 Å². The summed E-state index contributed by atoms with van der Waals surface area (Å²) in [4.78, 5) is 5.05. The summed E-state index contributed by atoms with van der Waals surface area (Å²) in [5.41, 5.74) is 1.09. The summed E-state index contributed by atoms with van der Waals surface area (Å²) in [7, 11) is -3.12. The molecular formula is C14H21ClN2O2S. The molecule has 0 spiro atoms. The molecule has 0 N–H and O–H groups in total. The number of benzene rings is 1. The SMILES string of the molecule is CS(=O)(=O)c1ccc(N2CCCN(CCCl)CC2)cc1. The van der Waals surface area contributed by atoms with E-state index in [1.54, 1.807) is 12.1 Å². The van der Waals surface area contributed by atoms with E-state index in [-0.39, 0.29) is 0 Å². The average Bonchev–Trinajstić information content (AvgIpc) is 2.64. The van der Waals surface area contributed by atoms with Crippen LogP contribution in [0.5, 0.6) is 0 Å². The maximum atomic E-state index is 11.5. The van der Waals surface area contributed by atoms with Crippen molar-refractivity contribution in [3.63, 3.8) is 0 Å². The Morgan fingerprint density at radius 3 is 2.40 bits per heavy atom. The summed E-state index contributed by atoms with van der Waals surface area (Å²) in [5.74, 6) is 0.670. The molecule has 1 aliphatic rings. The van der Waals surface area contributed by atoms with E-state index in [1.165, 1.54) is 6.26 Å². The third-order valence-corrected chi connectivity index (χ3v) is 4.92. The number of halogens is 1. The first-order valence-corrected chi connectivity index (χ1v) is 9.27. The van der Waals surface area contributed by atoms with Gasteiger partial charge in [0.15, 0.2) is 9.84 Å². The molecule has 1 aliphatic heterocycles. The van der Waals surface area contributed by atoms with Gasteiger partial charge in [-0.1, -0.05) is 0 Å². The smallest absolute Gasteiger partial charge is 0.175 e. The molecule has 0 atom stereocenters. The van der Waals surface area contributed by atoms with Gasteiger partial charge in [0.05, 0.1) is 4.90 Å². The molecule has 0 saturated carbocycles. The summed E-state index contributed by atoms with van der Waals surface area (Å²) < 4.78 is 22.9. The summed E-state index contributed by atoms with van der Waals surface area (Å²) >= 11 is 5.79. The van der Waals surface area contributed by atoms with Crippen molar-refractivity contribution in [1.29, 1.82) is 0 Å². The molecule has 1 heterocycles. The molecule has 20 heavy (non-hydrogen) atoms. The van der Waals surface area contributed by atoms with Crippen molar-refractivity contribution >= 4 is 27.1 Å². The fourth-order valence-corrected chi connectivity index (χ4v) is 3.35. The molecule has 0 aromatic heterocycles. The molecule has 1 saturated heterocycles. The highest BCUT2D eigenvalue weighted by Crippen LogP contribution is 2.19. The number of hydrogen-bond donors (Lipinski definition) is 0. The van der Waals surface area contributed by atoms with E-state index in [1.807, 2.05) is 12.1 Å². The number of rotatable bonds is 4. The van der Waals surface area contributed by atoms with Crippen LogP contribution in [0.1, 0.15) is 6.42 Å². The van der Waals surface area contributed by atoms with E-state index < -0.39 is 9.84 Å². The minimum Gasteiger partial charge on any atom is -0.370 e. The zero-order chi connectivity index (χ0) is 14.6.